The molecule has 0 aromatic carbocycles. The summed E-state index contributed by atoms with van der Waals surface area (Å²) in [5, 5.41) is 8.77. The van der Waals surface area contributed by atoms with Crippen LogP contribution in [0.2, 0.25) is 0 Å². The zero-order chi connectivity index (χ0) is 9.73. The number of hydrogen-bond donors (Lipinski definition) is 1. The molecular weight excluding hydrogens is 246 g/mol. The van der Waals surface area contributed by atoms with Crippen LogP contribution in [-0.2, 0) is 4.79 Å². The van der Waals surface area contributed by atoms with E-state index in [-0.39, 0.29) is 23.5 Å². The van der Waals surface area contributed by atoms with Gasteiger partial charge in [0.15, 0.2) is 6.54 Å². The van der Waals surface area contributed by atoms with Crippen LogP contribution in [0.25, 0.3) is 0 Å². The standard InChI is InChI=1S/C10H15NO2.BrH/c1-2-6-11(9-10(12)13)7-4-3-5-8-11;/h1H,3-9H2;1H. The van der Waals surface area contributed by atoms with Crippen molar-refractivity contribution in [2.75, 3.05) is 26.2 Å². The molecule has 1 rings (SSSR count). The Morgan fingerprint density at radius 2 is 1.93 bits per heavy atom. The molecule has 0 atom stereocenters. The number of aliphatic carboxylic acids is 1. The molecule has 1 fully saturated rings. The van der Waals surface area contributed by atoms with Gasteiger partial charge in [0.1, 0.15) is 6.54 Å². The van der Waals surface area contributed by atoms with Crippen molar-refractivity contribution in [2.45, 2.75) is 19.3 Å². The number of quaternary nitrogens is 1. The van der Waals surface area contributed by atoms with E-state index in [1.54, 1.807) is 0 Å². The van der Waals surface area contributed by atoms with Crippen molar-refractivity contribution in [3.8, 4) is 12.3 Å². The number of nitrogens with zero attached hydrogens (tertiary/aromatic N) is 1. The minimum atomic E-state index is -0.739. The van der Waals surface area contributed by atoms with E-state index in [2.05, 4.69) is 5.92 Å². The topological polar surface area (TPSA) is 37.3 Å². The van der Waals surface area contributed by atoms with Gasteiger partial charge in [-0.15, -0.1) is 6.42 Å². The van der Waals surface area contributed by atoms with Crippen LogP contribution >= 0.6 is 0 Å². The fraction of sp³-hybridized carbons (Fsp3) is 0.700. The molecule has 1 heterocycles. The smallest absolute Gasteiger partial charge is 0.359 e. The summed E-state index contributed by atoms with van der Waals surface area (Å²) in [6.45, 7) is 2.60. The van der Waals surface area contributed by atoms with E-state index in [0.29, 0.717) is 11.0 Å². The maximum absolute atomic E-state index is 10.7. The molecule has 0 aromatic heterocycles. The summed E-state index contributed by atoms with van der Waals surface area (Å²) in [4.78, 5) is 10.7. The van der Waals surface area contributed by atoms with Gasteiger partial charge >= 0.3 is 5.97 Å². The van der Waals surface area contributed by atoms with Crippen LogP contribution in [0, 0.1) is 12.3 Å². The molecule has 3 nitrogen and oxygen atoms in total. The Hall–Kier alpha value is -0.530. The minimum absolute atomic E-state index is 0. The molecule has 1 N–H and O–H groups in total. The molecular formula is C10H16BrNO2. The van der Waals surface area contributed by atoms with Gasteiger partial charge in [-0.3, -0.25) is 0 Å². The van der Waals surface area contributed by atoms with E-state index in [0.717, 1.165) is 25.9 Å². The molecule has 0 bridgehead atoms. The van der Waals surface area contributed by atoms with Crippen LogP contribution in [0.4, 0.5) is 0 Å². The molecule has 1 aliphatic heterocycles. The van der Waals surface area contributed by atoms with Gasteiger partial charge in [0.05, 0.1) is 13.1 Å². The number of piperidine rings is 1. The van der Waals surface area contributed by atoms with Gasteiger partial charge in [0.2, 0.25) is 0 Å². The lowest BCUT2D eigenvalue weighted by atomic mass is 10.1. The summed E-state index contributed by atoms with van der Waals surface area (Å²) >= 11 is 0. The van der Waals surface area contributed by atoms with E-state index in [1.165, 1.54) is 6.42 Å². The third-order valence-electron chi connectivity index (χ3n) is 2.66. The van der Waals surface area contributed by atoms with Crippen molar-refractivity contribution in [3.63, 3.8) is 0 Å². The van der Waals surface area contributed by atoms with E-state index < -0.39 is 5.97 Å². The van der Waals surface area contributed by atoms with Crippen LogP contribution < -0.4 is 17.0 Å². The monoisotopic (exact) mass is 261 g/mol. The van der Waals surface area contributed by atoms with Crippen molar-refractivity contribution in [3.05, 3.63) is 0 Å². The molecule has 0 aromatic rings. The second-order valence-corrected chi connectivity index (χ2v) is 3.76. The fourth-order valence-corrected chi connectivity index (χ4v) is 2.04. The molecule has 14 heavy (non-hydrogen) atoms. The number of halogens is 1. The van der Waals surface area contributed by atoms with Gasteiger partial charge in [-0.1, -0.05) is 0 Å². The second-order valence-electron chi connectivity index (χ2n) is 3.76. The van der Waals surface area contributed by atoms with Crippen molar-refractivity contribution in [1.29, 1.82) is 0 Å². The van der Waals surface area contributed by atoms with Crippen molar-refractivity contribution < 1.29 is 31.4 Å². The number of carbonyl (C=O) groups is 1. The Morgan fingerprint density at radius 3 is 2.36 bits per heavy atom. The Morgan fingerprint density at radius 1 is 1.36 bits per heavy atom. The van der Waals surface area contributed by atoms with Crippen LogP contribution in [0.1, 0.15) is 19.3 Å². The lowest BCUT2D eigenvalue weighted by Gasteiger charge is -2.38. The van der Waals surface area contributed by atoms with Gasteiger partial charge in [-0.25, -0.2) is 4.79 Å². The Balaban J connectivity index is 0.00000169. The maximum Gasteiger partial charge on any atom is 0.359 e. The van der Waals surface area contributed by atoms with Crippen molar-refractivity contribution >= 4 is 5.97 Å². The van der Waals surface area contributed by atoms with Gasteiger partial charge in [0, 0.05) is 0 Å². The first-order chi connectivity index (χ1) is 6.18. The third kappa shape index (κ3) is 3.69. The molecule has 4 heteroatoms. The third-order valence-corrected chi connectivity index (χ3v) is 2.66. The number of carboxylic acids is 1. The Bertz CT molecular complexity index is 229. The highest BCUT2D eigenvalue weighted by Crippen LogP contribution is 2.17. The van der Waals surface area contributed by atoms with E-state index in [9.17, 15) is 4.79 Å². The minimum Gasteiger partial charge on any atom is -1.00 e. The normalized spacial score (nSPS) is 19.1. The highest BCUT2D eigenvalue weighted by molar-refractivity contribution is 5.68. The number of carboxylic acid groups (broad SMARTS) is 1. The van der Waals surface area contributed by atoms with E-state index in [4.69, 9.17) is 11.5 Å². The van der Waals surface area contributed by atoms with Crippen molar-refractivity contribution in [1.82, 2.24) is 0 Å². The largest absolute Gasteiger partial charge is 1.00 e. The molecule has 0 spiro atoms. The first-order valence-electron chi connectivity index (χ1n) is 4.69. The highest BCUT2D eigenvalue weighted by atomic mass is 79.9. The molecule has 80 valence electrons. The average molecular weight is 262 g/mol. The number of hydrogen-bond acceptors (Lipinski definition) is 1. The zero-order valence-corrected chi connectivity index (χ0v) is 9.79. The summed E-state index contributed by atoms with van der Waals surface area (Å²) in [6, 6.07) is 0. The second kappa shape index (κ2) is 6.05. The van der Waals surface area contributed by atoms with Gasteiger partial charge in [-0.05, 0) is 25.2 Å². The number of rotatable bonds is 3. The lowest BCUT2D eigenvalue weighted by molar-refractivity contribution is -0.919. The zero-order valence-electron chi connectivity index (χ0n) is 8.21. The fourth-order valence-electron chi connectivity index (χ4n) is 2.04. The summed E-state index contributed by atoms with van der Waals surface area (Å²) in [7, 11) is 0. The number of likely N-dealkylation sites (tertiary alicyclic amines) is 1. The van der Waals surface area contributed by atoms with Crippen LogP contribution in [-0.4, -0.2) is 41.7 Å². The summed E-state index contributed by atoms with van der Waals surface area (Å²) in [5.41, 5.74) is 0. The first kappa shape index (κ1) is 13.5. The maximum atomic E-state index is 10.7. The van der Waals surface area contributed by atoms with Gasteiger partial charge < -0.3 is 26.6 Å². The highest BCUT2D eigenvalue weighted by Gasteiger charge is 2.31. The average Bonchev–Trinajstić information content (AvgIpc) is 2.04. The SMILES string of the molecule is C#CC[N+]1(CC(=O)O)CCCCC1.[Br-]. The number of terminal acetylenes is 1. The molecule has 0 aliphatic carbocycles. The van der Waals surface area contributed by atoms with E-state index >= 15 is 0 Å². The van der Waals surface area contributed by atoms with Crippen molar-refractivity contribution in [2.24, 2.45) is 0 Å². The summed E-state index contributed by atoms with van der Waals surface area (Å²) in [5.74, 6) is 1.85. The molecule has 1 aliphatic rings. The molecule has 0 amide bonds. The molecule has 1 saturated heterocycles. The van der Waals surface area contributed by atoms with Crippen LogP contribution in [0.15, 0.2) is 0 Å². The first-order valence-corrected chi connectivity index (χ1v) is 4.69. The Kier molecular flexibility index (Phi) is 5.82. The predicted molar refractivity (Wildman–Crippen MR) is 50.0 cm³/mol. The van der Waals surface area contributed by atoms with Crippen LogP contribution in [0.5, 0.6) is 0 Å². The molecule has 0 radical (unpaired) electrons. The van der Waals surface area contributed by atoms with Crippen LogP contribution in [0.3, 0.4) is 0 Å². The summed E-state index contributed by atoms with van der Waals surface area (Å²) in [6.07, 6.45) is 8.69. The quantitative estimate of drug-likeness (QED) is 0.459. The molecule has 0 unspecified atom stereocenters. The summed E-state index contributed by atoms with van der Waals surface area (Å²) < 4.78 is 0.589. The molecule has 0 saturated carbocycles. The Labute approximate surface area is 95.5 Å². The van der Waals surface area contributed by atoms with E-state index in [1.807, 2.05) is 0 Å². The lowest BCUT2D eigenvalue weighted by Crippen LogP contribution is -3.00. The predicted octanol–water partition coefficient (Wildman–Crippen LogP) is -2.29. The van der Waals surface area contributed by atoms with Gasteiger partial charge in [-0.2, -0.15) is 0 Å². The van der Waals surface area contributed by atoms with Gasteiger partial charge in [0.25, 0.3) is 0 Å².